The van der Waals surface area contributed by atoms with E-state index in [9.17, 15) is 20.0 Å². The Morgan fingerprint density at radius 1 is 1.44 bits per heavy atom. The molecular formula is C16H22N4O5. The molecule has 0 atom stereocenters. The molecule has 1 aromatic carbocycles. The molecule has 1 saturated carbocycles. The smallest absolute Gasteiger partial charge is 0.315 e. The average molecular weight is 350 g/mol. The minimum atomic E-state index is -0.720. The number of nitrogens with zero attached hydrogens (tertiary/aromatic N) is 2. The van der Waals surface area contributed by atoms with Crippen LogP contribution in [0.25, 0.3) is 0 Å². The molecule has 0 unspecified atom stereocenters. The lowest BCUT2D eigenvalue weighted by molar-refractivity contribution is -0.385. The third kappa shape index (κ3) is 5.42. The lowest BCUT2D eigenvalue weighted by Gasteiger charge is -2.22. The first-order valence-electron chi connectivity index (χ1n) is 8.12. The first-order valence-corrected chi connectivity index (χ1v) is 8.12. The van der Waals surface area contributed by atoms with E-state index in [1.807, 2.05) is 0 Å². The van der Waals surface area contributed by atoms with Gasteiger partial charge in [0.25, 0.3) is 5.91 Å². The van der Waals surface area contributed by atoms with Crippen LogP contribution in [0.3, 0.4) is 0 Å². The minimum Gasteiger partial charge on any atom is -0.502 e. The Kier molecular flexibility index (Phi) is 6.70. The molecule has 1 aliphatic carbocycles. The number of hydrazone groups is 1. The summed E-state index contributed by atoms with van der Waals surface area (Å²) in [5, 5.41) is 27.7. The number of carbonyl (C=O) groups is 1. The number of rotatable bonds is 7. The van der Waals surface area contributed by atoms with Crippen LogP contribution >= 0.6 is 0 Å². The summed E-state index contributed by atoms with van der Waals surface area (Å²) < 4.78 is 4.96. The van der Waals surface area contributed by atoms with E-state index in [4.69, 9.17) is 4.74 Å². The maximum absolute atomic E-state index is 11.8. The van der Waals surface area contributed by atoms with Gasteiger partial charge in [0.15, 0.2) is 0 Å². The van der Waals surface area contributed by atoms with Crippen molar-refractivity contribution in [2.45, 2.75) is 38.1 Å². The molecule has 0 aliphatic heterocycles. The van der Waals surface area contributed by atoms with Crippen LogP contribution in [-0.4, -0.2) is 41.8 Å². The van der Waals surface area contributed by atoms with E-state index in [2.05, 4.69) is 15.8 Å². The van der Waals surface area contributed by atoms with Crippen molar-refractivity contribution in [1.82, 2.24) is 10.7 Å². The SMILES string of the molecule is COc1cc(/C=N\NC(=O)CNC2CCCCC2)c(O)c([N+](=O)[O-])c1. The summed E-state index contributed by atoms with van der Waals surface area (Å²) in [6, 6.07) is 2.85. The van der Waals surface area contributed by atoms with Crippen LogP contribution in [0.4, 0.5) is 5.69 Å². The maximum atomic E-state index is 11.8. The van der Waals surface area contributed by atoms with E-state index >= 15 is 0 Å². The van der Waals surface area contributed by atoms with Crippen LogP contribution in [0.15, 0.2) is 17.2 Å². The van der Waals surface area contributed by atoms with E-state index in [1.54, 1.807) is 0 Å². The highest BCUT2D eigenvalue weighted by atomic mass is 16.6. The maximum Gasteiger partial charge on any atom is 0.315 e. The summed E-state index contributed by atoms with van der Waals surface area (Å²) in [6.07, 6.45) is 6.86. The highest BCUT2D eigenvalue weighted by Crippen LogP contribution is 2.33. The van der Waals surface area contributed by atoms with Crippen molar-refractivity contribution in [2.75, 3.05) is 13.7 Å². The zero-order chi connectivity index (χ0) is 18.2. The number of nitrogens with one attached hydrogen (secondary N) is 2. The number of phenolic OH excluding ortho intramolecular Hbond substituents is 1. The summed E-state index contributed by atoms with van der Waals surface area (Å²) in [4.78, 5) is 22.0. The van der Waals surface area contributed by atoms with Crippen molar-refractivity contribution in [3.8, 4) is 11.5 Å². The number of phenols is 1. The lowest BCUT2D eigenvalue weighted by Crippen LogP contribution is -2.38. The number of ether oxygens (including phenoxy) is 1. The molecule has 1 aromatic rings. The second kappa shape index (κ2) is 8.97. The quantitative estimate of drug-likeness (QED) is 0.390. The Morgan fingerprint density at radius 2 is 2.16 bits per heavy atom. The van der Waals surface area contributed by atoms with Gasteiger partial charge in [0.05, 0.1) is 30.9 Å². The Labute approximate surface area is 145 Å². The summed E-state index contributed by atoms with van der Waals surface area (Å²) in [7, 11) is 1.36. The van der Waals surface area contributed by atoms with Gasteiger partial charge in [-0.15, -0.1) is 0 Å². The third-order valence-corrected chi connectivity index (χ3v) is 4.07. The molecule has 9 heteroatoms. The van der Waals surface area contributed by atoms with Crippen LogP contribution < -0.4 is 15.5 Å². The molecule has 136 valence electrons. The Balaban J connectivity index is 1.93. The van der Waals surface area contributed by atoms with E-state index in [1.165, 1.54) is 32.4 Å². The molecule has 0 bridgehead atoms. The van der Waals surface area contributed by atoms with Crippen molar-refractivity contribution < 1.29 is 19.6 Å². The molecule has 1 aliphatic rings. The zero-order valence-electron chi connectivity index (χ0n) is 14.0. The van der Waals surface area contributed by atoms with E-state index < -0.39 is 16.4 Å². The number of hydrogen-bond acceptors (Lipinski definition) is 7. The van der Waals surface area contributed by atoms with Crippen LogP contribution in [0, 0.1) is 10.1 Å². The van der Waals surface area contributed by atoms with Gasteiger partial charge in [-0.1, -0.05) is 19.3 Å². The molecule has 0 saturated heterocycles. The first-order chi connectivity index (χ1) is 12.0. The van der Waals surface area contributed by atoms with Gasteiger partial charge in [-0.3, -0.25) is 14.9 Å². The number of nitro benzene ring substituents is 1. The van der Waals surface area contributed by atoms with Crippen LogP contribution in [-0.2, 0) is 4.79 Å². The first kappa shape index (κ1) is 18.7. The van der Waals surface area contributed by atoms with Crippen LogP contribution in [0.1, 0.15) is 37.7 Å². The molecule has 3 N–H and O–H groups in total. The Bertz CT molecular complexity index is 656. The van der Waals surface area contributed by atoms with Crippen molar-refractivity contribution in [2.24, 2.45) is 5.10 Å². The summed E-state index contributed by atoms with van der Waals surface area (Å²) in [5.74, 6) is -0.654. The summed E-state index contributed by atoms with van der Waals surface area (Å²) >= 11 is 0. The second-order valence-corrected chi connectivity index (χ2v) is 5.85. The monoisotopic (exact) mass is 350 g/mol. The van der Waals surface area contributed by atoms with Gasteiger partial charge in [0, 0.05) is 11.6 Å². The molecule has 1 amide bonds. The average Bonchev–Trinajstić information content (AvgIpc) is 2.62. The topological polar surface area (TPSA) is 126 Å². The van der Waals surface area contributed by atoms with E-state index in [-0.39, 0.29) is 23.8 Å². The molecule has 9 nitrogen and oxygen atoms in total. The third-order valence-electron chi connectivity index (χ3n) is 4.07. The Morgan fingerprint density at radius 3 is 2.80 bits per heavy atom. The summed E-state index contributed by atoms with van der Waals surface area (Å²) in [6.45, 7) is 0.145. The number of benzene rings is 1. The number of aromatic hydroxyl groups is 1. The molecular weight excluding hydrogens is 328 g/mol. The van der Waals surface area contributed by atoms with Gasteiger partial charge in [-0.25, -0.2) is 5.43 Å². The predicted molar refractivity (Wildman–Crippen MR) is 91.9 cm³/mol. The van der Waals surface area contributed by atoms with Crippen LogP contribution in [0.2, 0.25) is 0 Å². The standard InChI is InChI=1S/C16H22N4O5/c1-25-13-7-11(16(22)14(8-13)20(23)24)9-18-19-15(21)10-17-12-5-3-2-4-6-12/h7-9,12,17,22H,2-6,10H2,1H3,(H,19,21)/b18-9-. The number of methoxy groups -OCH3 is 1. The normalized spacial score (nSPS) is 15.2. The highest BCUT2D eigenvalue weighted by Gasteiger charge is 2.19. The lowest BCUT2D eigenvalue weighted by atomic mass is 9.95. The van der Waals surface area contributed by atoms with E-state index in [0.717, 1.165) is 25.1 Å². The summed E-state index contributed by atoms with van der Waals surface area (Å²) in [5.41, 5.74) is 1.91. The van der Waals surface area contributed by atoms with Gasteiger partial charge in [0.2, 0.25) is 5.75 Å². The van der Waals surface area contributed by atoms with Gasteiger partial charge in [-0.05, 0) is 18.9 Å². The number of carbonyl (C=O) groups excluding carboxylic acids is 1. The minimum absolute atomic E-state index is 0.0755. The van der Waals surface area contributed by atoms with Crippen molar-refractivity contribution in [3.63, 3.8) is 0 Å². The number of hydrogen-bond donors (Lipinski definition) is 3. The van der Waals surface area contributed by atoms with Crippen molar-refractivity contribution in [1.29, 1.82) is 0 Å². The molecule has 1 fully saturated rings. The van der Waals surface area contributed by atoms with Crippen molar-refractivity contribution in [3.05, 3.63) is 27.8 Å². The fraction of sp³-hybridized carbons (Fsp3) is 0.500. The molecule has 2 rings (SSSR count). The second-order valence-electron chi connectivity index (χ2n) is 5.85. The van der Waals surface area contributed by atoms with Gasteiger partial charge in [-0.2, -0.15) is 5.10 Å². The van der Waals surface area contributed by atoms with Gasteiger partial charge >= 0.3 is 5.69 Å². The zero-order valence-corrected chi connectivity index (χ0v) is 14.0. The van der Waals surface area contributed by atoms with Gasteiger partial charge in [0.1, 0.15) is 5.75 Å². The largest absolute Gasteiger partial charge is 0.502 e. The van der Waals surface area contributed by atoms with Gasteiger partial charge < -0.3 is 15.2 Å². The van der Waals surface area contributed by atoms with E-state index in [0.29, 0.717) is 6.04 Å². The predicted octanol–water partition coefficient (Wildman–Crippen LogP) is 1.68. The number of amides is 1. The molecule has 0 heterocycles. The van der Waals surface area contributed by atoms with Crippen molar-refractivity contribution >= 4 is 17.8 Å². The Hall–Kier alpha value is -2.68. The van der Waals surface area contributed by atoms with Crippen LogP contribution in [0.5, 0.6) is 11.5 Å². The fourth-order valence-corrected chi connectivity index (χ4v) is 2.73. The fourth-order valence-electron chi connectivity index (χ4n) is 2.73. The highest BCUT2D eigenvalue weighted by molar-refractivity contribution is 5.88. The molecule has 25 heavy (non-hydrogen) atoms. The molecule has 0 spiro atoms. The molecule has 0 radical (unpaired) electrons. The number of nitro groups is 1. The molecule has 0 aromatic heterocycles.